The van der Waals surface area contributed by atoms with Crippen LogP contribution in [0.4, 0.5) is 0 Å². The number of carboxylic acid groups (broad SMARTS) is 1. The molecule has 0 spiro atoms. The second-order valence-electron chi connectivity index (χ2n) is 5.10. The standard InChI is InChI=1S/C16H18O3S/c1-8-5-6-9(2)13(16(18)19)12(8)14(17)15-10(3)7-11(4)20-15/h5-7,14,17H,1-4H3,(H,18,19). The van der Waals surface area contributed by atoms with Gasteiger partial charge >= 0.3 is 5.97 Å². The molecule has 1 unspecified atom stereocenters. The fourth-order valence-electron chi connectivity index (χ4n) is 2.53. The second kappa shape index (κ2) is 5.38. The quantitative estimate of drug-likeness (QED) is 0.905. The predicted octanol–water partition coefficient (Wildman–Crippen LogP) is 3.76. The first-order valence-corrected chi connectivity index (χ1v) is 7.23. The van der Waals surface area contributed by atoms with Crippen LogP contribution in [-0.4, -0.2) is 16.2 Å². The van der Waals surface area contributed by atoms with Crippen LogP contribution < -0.4 is 0 Å². The summed E-state index contributed by atoms with van der Waals surface area (Å²) in [6, 6.07) is 5.65. The van der Waals surface area contributed by atoms with Gasteiger partial charge < -0.3 is 10.2 Å². The molecule has 0 saturated carbocycles. The summed E-state index contributed by atoms with van der Waals surface area (Å²) in [5, 5.41) is 20.1. The van der Waals surface area contributed by atoms with Crippen molar-refractivity contribution in [1.29, 1.82) is 0 Å². The molecule has 4 heteroatoms. The minimum absolute atomic E-state index is 0.211. The van der Waals surface area contributed by atoms with Crippen LogP contribution in [0.3, 0.4) is 0 Å². The Morgan fingerprint density at radius 3 is 2.20 bits per heavy atom. The van der Waals surface area contributed by atoms with Crippen LogP contribution in [0.2, 0.25) is 0 Å². The van der Waals surface area contributed by atoms with Crippen LogP contribution in [0, 0.1) is 27.7 Å². The summed E-state index contributed by atoms with van der Waals surface area (Å²) >= 11 is 1.51. The van der Waals surface area contributed by atoms with Gasteiger partial charge in [-0.15, -0.1) is 11.3 Å². The van der Waals surface area contributed by atoms with Crippen molar-refractivity contribution >= 4 is 17.3 Å². The van der Waals surface area contributed by atoms with E-state index in [1.807, 2.05) is 32.9 Å². The maximum Gasteiger partial charge on any atom is 0.336 e. The molecule has 1 heterocycles. The largest absolute Gasteiger partial charge is 0.478 e. The van der Waals surface area contributed by atoms with Gasteiger partial charge in [-0.1, -0.05) is 12.1 Å². The van der Waals surface area contributed by atoms with Crippen LogP contribution in [0.1, 0.15) is 48.5 Å². The Labute approximate surface area is 122 Å². The highest BCUT2D eigenvalue weighted by atomic mass is 32.1. The predicted molar refractivity (Wildman–Crippen MR) is 80.7 cm³/mol. The molecule has 2 N–H and O–H groups in total. The summed E-state index contributed by atoms with van der Waals surface area (Å²) in [6.45, 7) is 7.51. The molecule has 0 radical (unpaired) electrons. The molecule has 0 saturated heterocycles. The Morgan fingerprint density at radius 1 is 1.10 bits per heavy atom. The minimum Gasteiger partial charge on any atom is -0.478 e. The number of aromatic carboxylic acids is 1. The van der Waals surface area contributed by atoms with Gasteiger partial charge in [-0.3, -0.25) is 0 Å². The molecule has 0 fully saturated rings. The number of aryl methyl sites for hydroxylation is 4. The highest BCUT2D eigenvalue weighted by Crippen LogP contribution is 2.35. The van der Waals surface area contributed by atoms with E-state index in [0.29, 0.717) is 11.1 Å². The summed E-state index contributed by atoms with van der Waals surface area (Å²) in [7, 11) is 0. The van der Waals surface area contributed by atoms with Gasteiger partial charge in [0, 0.05) is 15.3 Å². The van der Waals surface area contributed by atoms with Gasteiger partial charge in [-0.2, -0.15) is 0 Å². The van der Waals surface area contributed by atoms with E-state index >= 15 is 0 Å². The normalized spacial score (nSPS) is 12.4. The van der Waals surface area contributed by atoms with Crippen molar-refractivity contribution < 1.29 is 15.0 Å². The molecule has 0 bridgehead atoms. The van der Waals surface area contributed by atoms with Crippen LogP contribution in [0.15, 0.2) is 18.2 Å². The zero-order valence-corrected chi connectivity index (χ0v) is 12.8. The molecular formula is C16H18O3S. The summed E-state index contributed by atoms with van der Waals surface area (Å²) < 4.78 is 0. The molecule has 106 valence electrons. The number of hydrogen-bond donors (Lipinski definition) is 2. The smallest absolute Gasteiger partial charge is 0.336 e. The maximum absolute atomic E-state index is 11.5. The van der Waals surface area contributed by atoms with Crippen LogP contribution in [-0.2, 0) is 0 Å². The highest BCUT2D eigenvalue weighted by Gasteiger charge is 2.24. The lowest BCUT2D eigenvalue weighted by Crippen LogP contribution is -2.12. The van der Waals surface area contributed by atoms with Gasteiger partial charge in [-0.05, 0) is 50.5 Å². The third-order valence-electron chi connectivity index (χ3n) is 3.49. The minimum atomic E-state index is -0.994. The molecule has 3 nitrogen and oxygen atoms in total. The first-order chi connectivity index (χ1) is 9.32. The van der Waals surface area contributed by atoms with Crippen molar-refractivity contribution in [2.75, 3.05) is 0 Å². The molecule has 2 rings (SSSR count). The number of benzene rings is 1. The lowest BCUT2D eigenvalue weighted by Gasteiger charge is -2.18. The van der Waals surface area contributed by atoms with Crippen molar-refractivity contribution in [2.45, 2.75) is 33.8 Å². The number of thiophene rings is 1. The average Bonchev–Trinajstić information content (AvgIpc) is 2.69. The molecule has 0 amide bonds. The number of hydrogen-bond acceptors (Lipinski definition) is 3. The second-order valence-corrected chi connectivity index (χ2v) is 6.39. The van der Waals surface area contributed by atoms with E-state index in [4.69, 9.17) is 0 Å². The van der Waals surface area contributed by atoms with Gasteiger partial charge in [0.05, 0.1) is 5.56 Å². The van der Waals surface area contributed by atoms with Crippen LogP contribution in [0.25, 0.3) is 0 Å². The van der Waals surface area contributed by atoms with E-state index in [9.17, 15) is 15.0 Å². The van der Waals surface area contributed by atoms with E-state index in [1.165, 1.54) is 11.3 Å². The van der Waals surface area contributed by atoms with Crippen molar-refractivity contribution in [2.24, 2.45) is 0 Å². The Kier molecular flexibility index (Phi) is 3.97. The van der Waals surface area contributed by atoms with Crippen molar-refractivity contribution in [3.05, 3.63) is 55.8 Å². The van der Waals surface area contributed by atoms with Crippen molar-refractivity contribution in [1.82, 2.24) is 0 Å². The van der Waals surface area contributed by atoms with Crippen molar-refractivity contribution in [3.63, 3.8) is 0 Å². The summed E-state index contributed by atoms with van der Waals surface area (Å²) in [4.78, 5) is 13.4. The molecule has 0 aliphatic heterocycles. The molecular weight excluding hydrogens is 272 g/mol. The van der Waals surface area contributed by atoms with Crippen LogP contribution >= 0.6 is 11.3 Å². The molecule has 1 atom stereocenters. The fourth-order valence-corrected chi connectivity index (χ4v) is 3.56. The SMILES string of the molecule is Cc1cc(C)c(C(O)c2c(C)ccc(C)c2C(=O)O)s1. The van der Waals surface area contributed by atoms with Gasteiger partial charge in [-0.25, -0.2) is 4.79 Å². The lowest BCUT2D eigenvalue weighted by atomic mass is 9.92. The molecule has 2 aromatic rings. The van der Waals surface area contributed by atoms with E-state index in [2.05, 4.69) is 0 Å². The summed E-state index contributed by atoms with van der Waals surface area (Å²) in [6.07, 6.45) is -0.889. The van der Waals surface area contributed by atoms with Gasteiger partial charge in [0.1, 0.15) is 6.10 Å². The Balaban J connectivity index is 2.65. The van der Waals surface area contributed by atoms with Crippen LogP contribution in [0.5, 0.6) is 0 Å². The first kappa shape index (κ1) is 14.8. The number of carbonyl (C=O) groups is 1. The first-order valence-electron chi connectivity index (χ1n) is 6.41. The summed E-state index contributed by atoms with van der Waals surface area (Å²) in [5.74, 6) is -0.994. The van der Waals surface area contributed by atoms with E-state index in [-0.39, 0.29) is 5.56 Å². The molecule has 0 aliphatic rings. The molecule has 1 aromatic carbocycles. The van der Waals surface area contributed by atoms with Crippen molar-refractivity contribution in [3.8, 4) is 0 Å². The Bertz CT molecular complexity index is 671. The number of carboxylic acids is 1. The zero-order chi connectivity index (χ0) is 15.0. The Hall–Kier alpha value is -1.65. The molecule has 1 aromatic heterocycles. The molecule has 0 aliphatic carbocycles. The monoisotopic (exact) mass is 290 g/mol. The number of rotatable bonds is 3. The van der Waals surface area contributed by atoms with Gasteiger partial charge in [0.15, 0.2) is 0 Å². The lowest BCUT2D eigenvalue weighted by molar-refractivity contribution is 0.0690. The topological polar surface area (TPSA) is 57.5 Å². The third-order valence-corrected chi connectivity index (χ3v) is 4.69. The average molecular weight is 290 g/mol. The van der Waals surface area contributed by atoms with E-state index < -0.39 is 12.1 Å². The summed E-state index contributed by atoms with van der Waals surface area (Å²) in [5.41, 5.74) is 3.18. The zero-order valence-electron chi connectivity index (χ0n) is 12.0. The fraction of sp³-hybridized carbons (Fsp3) is 0.312. The number of aliphatic hydroxyl groups excluding tert-OH is 1. The van der Waals surface area contributed by atoms with E-state index in [0.717, 1.165) is 20.9 Å². The Morgan fingerprint density at radius 2 is 1.70 bits per heavy atom. The van der Waals surface area contributed by atoms with Gasteiger partial charge in [0.25, 0.3) is 0 Å². The number of aliphatic hydroxyl groups is 1. The third kappa shape index (κ3) is 2.49. The van der Waals surface area contributed by atoms with Gasteiger partial charge in [0.2, 0.25) is 0 Å². The maximum atomic E-state index is 11.5. The highest BCUT2D eigenvalue weighted by molar-refractivity contribution is 7.12. The molecule has 20 heavy (non-hydrogen) atoms. The van der Waals surface area contributed by atoms with E-state index in [1.54, 1.807) is 13.0 Å².